The second-order valence-corrected chi connectivity index (χ2v) is 5.67. The number of aryl methyl sites for hydroxylation is 1. The van der Waals surface area contributed by atoms with Crippen molar-refractivity contribution in [2.45, 2.75) is 19.3 Å². The molecule has 0 bridgehead atoms. The summed E-state index contributed by atoms with van der Waals surface area (Å²) in [6, 6.07) is 8.13. The Bertz CT molecular complexity index is 803. The van der Waals surface area contributed by atoms with Gasteiger partial charge < -0.3 is 4.90 Å². The van der Waals surface area contributed by atoms with Crippen LogP contribution in [0.1, 0.15) is 23.9 Å². The Labute approximate surface area is 129 Å². The molecule has 110 valence electrons. The lowest BCUT2D eigenvalue weighted by atomic mass is 10.0. The fraction of sp³-hybridized carbons (Fsp3) is 0.294. The molecule has 3 aromatic rings. The van der Waals surface area contributed by atoms with Crippen LogP contribution in [0, 0.1) is 6.92 Å². The van der Waals surface area contributed by atoms with Gasteiger partial charge in [-0.05, 0) is 31.5 Å². The fourth-order valence-electron chi connectivity index (χ4n) is 3.13. The maximum atomic E-state index is 4.68. The number of pyridine rings is 2. The van der Waals surface area contributed by atoms with E-state index in [9.17, 15) is 0 Å². The van der Waals surface area contributed by atoms with Gasteiger partial charge in [0.1, 0.15) is 11.6 Å². The summed E-state index contributed by atoms with van der Waals surface area (Å²) in [5, 5.41) is 1.07. The highest BCUT2D eigenvalue weighted by Crippen LogP contribution is 2.32. The smallest absolute Gasteiger partial charge is 0.140 e. The third-order valence-electron chi connectivity index (χ3n) is 4.18. The van der Waals surface area contributed by atoms with Crippen molar-refractivity contribution in [1.29, 1.82) is 0 Å². The van der Waals surface area contributed by atoms with Gasteiger partial charge in [0, 0.05) is 42.5 Å². The van der Waals surface area contributed by atoms with Crippen LogP contribution in [0.2, 0.25) is 0 Å². The summed E-state index contributed by atoms with van der Waals surface area (Å²) in [4.78, 5) is 20.2. The number of hydrogen-bond acceptors (Lipinski definition) is 5. The van der Waals surface area contributed by atoms with E-state index < -0.39 is 0 Å². The van der Waals surface area contributed by atoms with Crippen molar-refractivity contribution in [3.05, 3.63) is 54.4 Å². The molecule has 1 fully saturated rings. The lowest BCUT2D eigenvalue weighted by Crippen LogP contribution is -2.21. The lowest BCUT2D eigenvalue weighted by Gasteiger charge is -2.19. The molecule has 0 amide bonds. The topological polar surface area (TPSA) is 54.8 Å². The minimum absolute atomic E-state index is 0.466. The molecule has 5 heteroatoms. The van der Waals surface area contributed by atoms with Crippen LogP contribution in [0.15, 0.2) is 42.9 Å². The van der Waals surface area contributed by atoms with E-state index in [0.29, 0.717) is 5.92 Å². The van der Waals surface area contributed by atoms with Crippen LogP contribution in [0.4, 0.5) is 5.82 Å². The fourth-order valence-corrected chi connectivity index (χ4v) is 3.13. The second kappa shape index (κ2) is 5.33. The number of rotatable bonds is 2. The highest BCUT2D eigenvalue weighted by atomic mass is 15.2. The van der Waals surface area contributed by atoms with E-state index in [4.69, 9.17) is 0 Å². The molecule has 0 spiro atoms. The summed E-state index contributed by atoms with van der Waals surface area (Å²) in [7, 11) is 0. The van der Waals surface area contributed by atoms with Crippen molar-refractivity contribution in [1.82, 2.24) is 19.9 Å². The SMILES string of the molecule is Cc1nc(N2CCC(c3ccccn3)C2)c2ccncc2n1. The zero-order valence-electron chi connectivity index (χ0n) is 12.5. The van der Waals surface area contributed by atoms with E-state index in [0.717, 1.165) is 42.1 Å². The molecular formula is C17H17N5. The second-order valence-electron chi connectivity index (χ2n) is 5.67. The quantitative estimate of drug-likeness (QED) is 0.726. The Morgan fingerprint density at radius 1 is 1.14 bits per heavy atom. The number of fused-ring (bicyclic) bond motifs is 1. The van der Waals surface area contributed by atoms with Gasteiger partial charge in [-0.2, -0.15) is 0 Å². The first kappa shape index (κ1) is 13.1. The highest BCUT2D eigenvalue weighted by Gasteiger charge is 2.27. The molecule has 1 saturated heterocycles. The largest absolute Gasteiger partial charge is 0.355 e. The van der Waals surface area contributed by atoms with Crippen LogP contribution in [0.25, 0.3) is 10.9 Å². The van der Waals surface area contributed by atoms with Crippen molar-refractivity contribution in [3.8, 4) is 0 Å². The summed E-state index contributed by atoms with van der Waals surface area (Å²) >= 11 is 0. The van der Waals surface area contributed by atoms with Crippen molar-refractivity contribution in [2.75, 3.05) is 18.0 Å². The van der Waals surface area contributed by atoms with Gasteiger partial charge in [0.25, 0.3) is 0 Å². The van der Waals surface area contributed by atoms with Crippen LogP contribution >= 0.6 is 0 Å². The lowest BCUT2D eigenvalue weighted by molar-refractivity contribution is 0.744. The maximum Gasteiger partial charge on any atom is 0.140 e. The molecule has 0 aliphatic carbocycles. The summed E-state index contributed by atoms with van der Waals surface area (Å²) < 4.78 is 0. The average molecular weight is 291 g/mol. The van der Waals surface area contributed by atoms with Crippen molar-refractivity contribution < 1.29 is 0 Å². The summed E-state index contributed by atoms with van der Waals surface area (Å²) in [5.74, 6) is 2.27. The summed E-state index contributed by atoms with van der Waals surface area (Å²) in [6.07, 6.45) is 6.58. The van der Waals surface area contributed by atoms with E-state index >= 15 is 0 Å². The van der Waals surface area contributed by atoms with Crippen LogP contribution in [-0.4, -0.2) is 33.0 Å². The minimum Gasteiger partial charge on any atom is -0.355 e. The zero-order valence-corrected chi connectivity index (χ0v) is 12.5. The van der Waals surface area contributed by atoms with Gasteiger partial charge in [-0.25, -0.2) is 9.97 Å². The van der Waals surface area contributed by atoms with E-state index in [-0.39, 0.29) is 0 Å². The molecule has 1 aliphatic rings. The first-order chi connectivity index (χ1) is 10.8. The van der Waals surface area contributed by atoms with Crippen molar-refractivity contribution in [2.24, 2.45) is 0 Å². The molecule has 4 heterocycles. The van der Waals surface area contributed by atoms with E-state index in [1.165, 1.54) is 5.69 Å². The van der Waals surface area contributed by atoms with Gasteiger partial charge in [0.05, 0.1) is 11.7 Å². The predicted molar refractivity (Wildman–Crippen MR) is 85.9 cm³/mol. The van der Waals surface area contributed by atoms with E-state index in [2.05, 4.69) is 37.0 Å². The first-order valence-electron chi connectivity index (χ1n) is 7.55. The molecular weight excluding hydrogens is 274 g/mol. The Morgan fingerprint density at radius 2 is 2.09 bits per heavy atom. The highest BCUT2D eigenvalue weighted by molar-refractivity contribution is 5.89. The Hall–Kier alpha value is -2.56. The van der Waals surface area contributed by atoms with E-state index in [1.54, 1.807) is 12.4 Å². The van der Waals surface area contributed by atoms with Crippen molar-refractivity contribution >= 4 is 16.7 Å². The van der Waals surface area contributed by atoms with Gasteiger partial charge in [-0.1, -0.05) is 6.07 Å². The predicted octanol–water partition coefficient (Wildman–Crippen LogP) is 2.72. The molecule has 1 atom stereocenters. The maximum absolute atomic E-state index is 4.68. The molecule has 0 radical (unpaired) electrons. The first-order valence-corrected chi connectivity index (χ1v) is 7.55. The van der Waals surface area contributed by atoms with Crippen LogP contribution in [0.5, 0.6) is 0 Å². The standard InChI is InChI=1S/C17H17N5/c1-12-20-16-10-18-8-5-14(16)17(21-12)22-9-6-13(11-22)15-4-2-3-7-19-15/h2-5,7-8,10,13H,6,9,11H2,1H3. The molecule has 0 aromatic carbocycles. The van der Waals surface area contributed by atoms with Gasteiger partial charge >= 0.3 is 0 Å². The molecule has 1 aliphatic heterocycles. The molecule has 22 heavy (non-hydrogen) atoms. The molecule has 5 nitrogen and oxygen atoms in total. The zero-order chi connectivity index (χ0) is 14.9. The number of nitrogens with zero attached hydrogens (tertiary/aromatic N) is 5. The molecule has 0 N–H and O–H groups in total. The number of anilines is 1. The summed E-state index contributed by atoms with van der Waals surface area (Å²) in [6.45, 7) is 3.88. The monoisotopic (exact) mass is 291 g/mol. The van der Waals surface area contributed by atoms with Crippen LogP contribution < -0.4 is 4.90 Å². The molecule has 3 aromatic heterocycles. The van der Waals surface area contributed by atoms with Gasteiger partial charge in [0.15, 0.2) is 0 Å². The van der Waals surface area contributed by atoms with Gasteiger partial charge in [-0.3, -0.25) is 9.97 Å². The Morgan fingerprint density at radius 3 is 2.95 bits per heavy atom. The number of hydrogen-bond donors (Lipinski definition) is 0. The molecule has 0 saturated carbocycles. The molecule has 4 rings (SSSR count). The van der Waals surface area contributed by atoms with E-state index in [1.807, 2.05) is 25.3 Å². The third-order valence-corrected chi connectivity index (χ3v) is 4.18. The Balaban J connectivity index is 1.69. The average Bonchev–Trinajstić information content (AvgIpc) is 3.05. The minimum atomic E-state index is 0.466. The summed E-state index contributed by atoms with van der Waals surface area (Å²) in [5.41, 5.74) is 2.08. The van der Waals surface area contributed by atoms with Crippen LogP contribution in [0.3, 0.4) is 0 Å². The number of aromatic nitrogens is 4. The third kappa shape index (κ3) is 2.28. The molecule has 1 unspecified atom stereocenters. The van der Waals surface area contributed by atoms with Gasteiger partial charge in [-0.15, -0.1) is 0 Å². The normalized spacial score (nSPS) is 18.0. The van der Waals surface area contributed by atoms with Crippen LogP contribution in [-0.2, 0) is 0 Å². The van der Waals surface area contributed by atoms with Gasteiger partial charge in [0.2, 0.25) is 0 Å². The van der Waals surface area contributed by atoms with Crippen molar-refractivity contribution in [3.63, 3.8) is 0 Å². The Kier molecular flexibility index (Phi) is 3.18.